The Hall–Kier alpha value is -3.42. The molecular formula is C29H28BrN3O3. The van der Waals surface area contributed by atoms with Crippen molar-refractivity contribution in [3.63, 3.8) is 0 Å². The summed E-state index contributed by atoms with van der Waals surface area (Å²) in [5, 5.41) is 11.3. The van der Waals surface area contributed by atoms with Crippen molar-refractivity contribution in [3.8, 4) is 0 Å². The number of Topliss-reactive ketones (excluding diaryl/α,β-unsaturated/α-hetero) is 1. The van der Waals surface area contributed by atoms with Gasteiger partial charge in [0.15, 0.2) is 0 Å². The van der Waals surface area contributed by atoms with Crippen molar-refractivity contribution in [2.45, 2.75) is 13.0 Å². The third-order valence-corrected chi connectivity index (χ3v) is 7.44. The molecule has 2 saturated heterocycles. The summed E-state index contributed by atoms with van der Waals surface area (Å²) < 4.78 is 0.857. The lowest BCUT2D eigenvalue weighted by molar-refractivity contribution is -0.132. The number of nitrogens with zero attached hydrogens (tertiary/aromatic N) is 3. The first-order valence-corrected chi connectivity index (χ1v) is 12.8. The molecule has 1 unspecified atom stereocenters. The quantitative estimate of drug-likeness (QED) is 0.279. The van der Waals surface area contributed by atoms with Crippen molar-refractivity contribution < 1.29 is 14.7 Å². The number of amides is 1. The van der Waals surface area contributed by atoms with Gasteiger partial charge < -0.3 is 14.9 Å². The third-order valence-electron chi connectivity index (χ3n) is 6.92. The minimum atomic E-state index is -0.733. The maximum Gasteiger partial charge on any atom is 0.300 e. The molecule has 3 aromatic carbocycles. The summed E-state index contributed by atoms with van der Waals surface area (Å²) in [6.07, 6.45) is 0. The number of anilines is 2. The van der Waals surface area contributed by atoms with E-state index in [1.807, 2.05) is 55.5 Å². The second kappa shape index (κ2) is 9.91. The molecule has 0 saturated carbocycles. The Labute approximate surface area is 219 Å². The highest BCUT2D eigenvalue weighted by atomic mass is 79.9. The van der Waals surface area contributed by atoms with Crippen LogP contribution in [-0.2, 0) is 9.59 Å². The van der Waals surface area contributed by atoms with Crippen LogP contribution in [0.2, 0.25) is 0 Å². The highest BCUT2D eigenvalue weighted by molar-refractivity contribution is 9.10. The lowest BCUT2D eigenvalue weighted by Gasteiger charge is -2.34. The number of benzene rings is 3. The maximum absolute atomic E-state index is 13.4. The number of aliphatic hydroxyl groups excluding tert-OH is 1. The molecule has 1 N–H and O–H groups in total. The van der Waals surface area contributed by atoms with Gasteiger partial charge in [-0.05, 0) is 55.9 Å². The van der Waals surface area contributed by atoms with Crippen molar-refractivity contribution in [2.24, 2.45) is 0 Å². The zero-order chi connectivity index (χ0) is 25.4. The van der Waals surface area contributed by atoms with Gasteiger partial charge in [0.05, 0.1) is 11.6 Å². The molecular weight excluding hydrogens is 518 g/mol. The summed E-state index contributed by atoms with van der Waals surface area (Å²) in [5.41, 5.74) is 4.07. The van der Waals surface area contributed by atoms with Crippen LogP contribution in [0.5, 0.6) is 0 Å². The van der Waals surface area contributed by atoms with Gasteiger partial charge in [0.25, 0.3) is 11.7 Å². The molecule has 1 amide bonds. The fraction of sp³-hybridized carbons (Fsp3) is 0.241. The number of hydrogen-bond acceptors (Lipinski definition) is 5. The first-order chi connectivity index (χ1) is 17.3. The van der Waals surface area contributed by atoms with Crippen LogP contribution in [0.1, 0.15) is 22.7 Å². The molecule has 2 heterocycles. The van der Waals surface area contributed by atoms with Crippen molar-refractivity contribution in [1.82, 2.24) is 4.90 Å². The molecule has 3 aromatic rings. The molecule has 0 aromatic heterocycles. The number of aliphatic hydroxyl groups is 1. The molecule has 0 aliphatic carbocycles. The normalized spacial score (nSPS) is 20.2. The number of carbonyl (C=O) groups excluding carboxylic acids is 2. The number of ketones is 1. The van der Waals surface area contributed by atoms with Crippen LogP contribution in [0.15, 0.2) is 82.8 Å². The van der Waals surface area contributed by atoms with Gasteiger partial charge in [-0.2, -0.15) is 0 Å². The summed E-state index contributed by atoms with van der Waals surface area (Å²) in [5.74, 6) is -1.51. The van der Waals surface area contributed by atoms with Crippen LogP contribution in [0.3, 0.4) is 0 Å². The Morgan fingerprint density at radius 1 is 0.889 bits per heavy atom. The summed E-state index contributed by atoms with van der Waals surface area (Å²) >= 11 is 3.40. The molecule has 184 valence electrons. The molecule has 2 aliphatic heterocycles. The van der Waals surface area contributed by atoms with Crippen LogP contribution in [0, 0.1) is 6.92 Å². The third kappa shape index (κ3) is 4.56. The van der Waals surface area contributed by atoms with Crippen LogP contribution in [-0.4, -0.2) is 54.9 Å². The number of carbonyl (C=O) groups is 2. The van der Waals surface area contributed by atoms with E-state index in [9.17, 15) is 14.7 Å². The van der Waals surface area contributed by atoms with E-state index in [1.54, 1.807) is 24.3 Å². The standard InChI is InChI=1S/C29H28BrN3O3/c1-19-4-3-5-21(18-19)26-25(27(34)20-6-8-22(30)9-7-20)28(35)29(36)33(26)24-12-10-23(11-13-24)32-16-14-31(2)15-17-32/h3-13,18,26,34H,14-17H2,1-2H3/b27-25+. The number of aryl methyl sites for hydroxylation is 1. The molecule has 0 bridgehead atoms. The highest BCUT2D eigenvalue weighted by Crippen LogP contribution is 2.42. The lowest BCUT2D eigenvalue weighted by Crippen LogP contribution is -2.44. The molecule has 2 aliphatic rings. The molecule has 1 atom stereocenters. The largest absolute Gasteiger partial charge is 0.507 e. The summed E-state index contributed by atoms with van der Waals surface area (Å²) in [6, 6.07) is 21.8. The second-order valence-electron chi connectivity index (χ2n) is 9.40. The number of likely N-dealkylation sites (N-methyl/N-ethyl adjacent to an activating group) is 1. The number of piperazine rings is 1. The minimum Gasteiger partial charge on any atom is -0.507 e. The Morgan fingerprint density at radius 2 is 1.53 bits per heavy atom. The average Bonchev–Trinajstić information content (AvgIpc) is 3.15. The fourth-order valence-electron chi connectivity index (χ4n) is 4.91. The molecule has 0 spiro atoms. The van der Waals surface area contributed by atoms with Crippen molar-refractivity contribution >= 4 is 44.8 Å². The highest BCUT2D eigenvalue weighted by Gasteiger charge is 2.47. The van der Waals surface area contributed by atoms with E-state index in [0.717, 1.165) is 47.5 Å². The van der Waals surface area contributed by atoms with E-state index in [4.69, 9.17) is 0 Å². The van der Waals surface area contributed by atoms with Gasteiger partial charge in [0.2, 0.25) is 0 Å². The zero-order valence-corrected chi connectivity index (χ0v) is 21.9. The van der Waals surface area contributed by atoms with E-state index in [1.165, 1.54) is 4.90 Å². The summed E-state index contributed by atoms with van der Waals surface area (Å²) in [7, 11) is 2.12. The van der Waals surface area contributed by atoms with Gasteiger partial charge in [-0.3, -0.25) is 14.5 Å². The minimum absolute atomic E-state index is 0.0936. The molecule has 5 rings (SSSR count). The number of rotatable bonds is 4. The van der Waals surface area contributed by atoms with Crippen molar-refractivity contribution in [2.75, 3.05) is 43.0 Å². The van der Waals surface area contributed by atoms with Crippen LogP contribution in [0.4, 0.5) is 11.4 Å². The van der Waals surface area contributed by atoms with Crippen LogP contribution >= 0.6 is 15.9 Å². The monoisotopic (exact) mass is 545 g/mol. The van der Waals surface area contributed by atoms with E-state index >= 15 is 0 Å². The zero-order valence-electron chi connectivity index (χ0n) is 20.3. The molecule has 6 nitrogen and oxygen atoms in total. The Kier molecular flexibility index (Phi) is 6.69. The Bertz CT molecular complexity index is 1330. The second-order valence-corrected chi connectivity index (χ2v) is 10.3. The van der Waals surface area contributed by atoms with Gasteiger partial charge in [-0.25, -0.2) is 0 Å². The predicted octanol–water partition coefficient (Wildman–Crippen LogP) is 5.14. The van der Waals surface area contributed by atoms with Crippen LogP contribution in [0.25, 0.3) is 5.76 Å². The summed E-state index contributed by atoms with van der Waals surface area (Å²) in [4.78, 5) is 32.9. The van der Waals surface area contributed by atoms with E-state index < -0.39 is 17.7 Å². The fourth-order valence-corrected chi connectivity index (χ4v) is 5.17. The first-order valence-electron chi connectivity index (χ1n) is 12.0. The van der Waals surface area contributed by atoms with E-state index in [0.29, 0.717) is 11.3 Å². The molecule has 2 fully saturated rings. The Morgan fingerprint density at radius 3 is 2.17 bits per heavy atom. The van der Waals surface area contributed by atoms with Gasteiger partial charge in [0.1, 0.15) is 5.76 Å². The molecule has 7 heteroatoms. The Balaban J connectivity index is 1.58. The van der Waals surface area contributed by atoms with E-state index in [2.05, 4.69) is 32.8 Å². The van der Waals surface area contributed by atoms with Crippen molar-refractivity contribution in [1.29, 1.82) is 0 Å². The van der Waals surface area contributed by atoms with Crippen LogP contribution < -0.4 is 9.80 Å². The van der Waals surface area contributed by atoms with Crippen molar-refractivity contribution in [3.05, 3.63) is 99.5 Å². The van der Waals surface area contributed by atoms with Gasteiger partial charge in [-0.15, -0.1) is 0 Å². The number of halogens is 1. The smallest absolute Gasteiger partial charge is 0.300 e. The average molecular weight is 546 g/mol. The number of hydrogen-bond donors (Lipinski definition) is 1. The van der Waals surface area contributed by atoms with Gasteiger partial charge in [-0.1, -0.05) is 57.9 Å². The lowest BCUT2D eigenvalue weighted by atomic mass is 9.94. The SMILES string of the molecule is Cc1cccc(C2/C(=C(\O)c3ccc(Br)cc3)C(=O)C(=O)N2c2ccc(N3CCN(C)CC3)cc2)c1. The summed E-state index contributed by atoms with van der Waals surface area (Å²) in [6.45, 7) is 5.85. The topological polar surface area (TPSA) is 64.1 Å². The maximum atomic E-state index is 13.4. The van der Waals surface area contributed by atoms with Gasteiger partial charge >= 0.3 is 0 Å². The predicted molar refractivity (Wildman–Crippen MR) is 146 cm³/mol. The molecule has 36 heavy (non-hydrogen) atoms. The molecule has 0 radical (unpaired) electrons. The first kappa shape index (κ1) is 24.3. The van der Waals surface area contributed by atoms with E-state index in [-0.39, 0.29) is 11.3 Å². The van der Waals surface area contributed by atoms with Gasteiger partial charge in [0, 0.05) is 47.6 Å².